The lowest BCUT2D eigenvalue weighted by molar-refractivity contribution is -0.0190. The molecule has 186 valence electrons. The zero-order chi connectivity index (χ0) is 25.2. The van der Waals surface area contributed by atoms with Gasteiger partial charge in [-0.3, -0.25) is 0 Å². The summed E-state index contributed by atoms with van der Waals surface area (Å²) in [5.74, 6) is 0.385. The molecular formula is C29H43NO3Si. The number of ether oxygens (including phenoxy) is 1. The van der Waals surface area contributed by atoms with Crippen molar-refractivity contribution in [3.8, 4) is 0 Å². The first-order chi connectivity index (χ1) is 15.8. The summed E-state index contributed by atoms with van der Waals surface area (Å²) in [7, 11) is -2.56. The Morgan fingerprint density at radius 1 is 0.941 bits per heavy atom. The molecule has 2 aromatic rings. The van der Waals surface area contributed by atoms with E-state index < -0.39 is 13.9 Å². The molecule has 1 unspecified atom stereocenters. The minimum absolute atomic E-state index is 0.0392. The molecule has 0 N–H and O–H groups in total. The van der Waals surface area contributed by atoms with Gasteiger partial charge < -0.3 is 14.1 Å². The fourth-order valence-corrected chi connectivity index (χ4v) is 9.98. The first-order valence-corrected chi connectivity index (χ1v) is 14.4. The van der Waals surface area contributed by atoms with Crippen LogP contribution in [0.4, 0.5) is 4.79 Å². The number of likely N-dealkylation sites (tertiary alicyclic amines) is 1. The minimum atomic E-state index is -2.56. The third-order valence-corrected chi connectivity index (χ3v) is 11.9. The zero-order valence-corrected chi connectivity index (χ0v) is 23.4. The van der Waals surface area contributed by atoms with Crippen LogP contribution in [0.25, 0.3) is 0 Å². The van der Waals surface area contributed by atoms with Gasteiger partial charge in [0.05, 0.1) is 0 Å². The van der Waals surface area contributed by atoms with E-state index in [9.17, 15) is 4.79 Å². The summed E-state index contributed by atoms with van der Waals surface area (Å²) in [6, 6.07) is 21.6. The predicted molar refractivity (Wildman–Crippen MR) is 143 cm³/mol. The third-order valence-electron chi connectivity index (χ3n) is 6.85. The van der Waals surface area contributed by atoms with Crippen LogP contribution in [0.3, 0.4) is 0 Å². The molecular weight excluding hydrogens is 438 g/mol. The topological polar surface area (TPSA) is 38.8 Å². The second-order valence-electron chi connectivity index (χ2n) is 12.3. The van der Waals surface area contributed by atoms with Gasteiger partial charge in [-0.1, -0.05) is 81.4 Å². The highest BCUT2D eigenvalue weighted by molar-refractivity contribution is 6.99. The summed E-state index contributed by atoms with van der Waals surface area (Å²) in [6.07, 6.45) is 1.59. The van der Waals surface area contributed by atoms with Crippen LogP contribution in [0, 0.1) is 5.92 Å². The highest BCUT2D eigenvalue weighted by Crippen LogP contribution is 2.39. The van der Waals surface area contributed by atoms with E-state index in [1.807, 2.05) is 25.7 Å². The Labute approximate surface area is 207 Å². The van der Waals surface area contributed by atoms with Crippen molar-refractivity contribution in [2.45, 2.75) is 84.4 Å². The van der Waals surface area contributed by atoms with E-state index in [-0.39, 0.29) is 16.7 Å². The van der Waals surface area contributed by atoms with Gasteiger partial charge in [-0.05, 0) is 68.8 Å². The quantitative estimate of drug-likeness (QED) is 0.493. The van der Waals surface area contributed by atoms with Crippen molar-refractivity contribution in [1.82, 2.24) is 4.90 Å². The summed E-state index contributed by atoms with van der Waals surface area (Å²) in [4.78, 5) is 14.7. The molecule has 0 spiro atoms. The van der Waals surface area contributed by atoms with Crippen molar-refractivity contribution in [2.24, 2.45) is 5.92 Å². The first-order valence-electron chi connectivity index (χ1n) is 12.5. The lowest BCUT2D eigenvalue weighted by Crippen LogP contribution is -2.67. The number of benzene rings is 2. The van der Waals surface area contributed by atoms with Crippen LogP contribution in [0.15, 0.2) is 60.7 Å². The van der Waals surface area contributed by atoms with Crippen molar-refractivity contribution in [2.75, 3.05) is 13.2 Å². The zero-order valence-electron chi connectivity index (χ0n) is 22.4. The van der Waals surface area contributed by atoms with Gasteiger partial charge in [-0.15, -0.1) is 0 Å². The van der Waals surface area contributed by atoms with Crippen LogP contribution >= 0.6 is 0 Å². The van der Waals surface area contributed by atoms with Crippen molar-refractivity contribution in [3.05, 3.63) is 60.7 Å². The van der Waals surface area contributed by atoms with Crippen LogP contribution in [0.5, 0.6) is 0 Å². The van der Waals surface area contributed by atoms with E-state index in [1.54, 1.807) is 0 Å². The van der Waals surface area contributed by atoms with Crippen molar-refractivity contribution >= 4 is 24.8 Å². The molecule has 0 bridgehead atoms. The normalized spacial score (nSPS) is 19.1. The molecule has 1 heterocycles. The molecule has 5 heteroatoms. The Bertz CT molecular complexity index is 905. The van der Waals surface area contributed by atoms with Gasteiger partial charge in [0, 0.05) is 18.7 Å². The molecule has 2 aromatic carbocycles. The molecule has 0 radical (unpaired) electrons. The van der Waals surface area contributed by atoms with Gasteiger partial charge in [0.2, 0.25) is 0 Å². The summed E-state index contributed by atoms with van der Waals surface area (Å²) >= 11 is 0. The average molecular weight is 482 g/mol. The largest absolute Gasteiger partial charge is 0.444 e. The van der Waals surface area contributed by atoms with E-state index in [2.05, 4.69) is 95.3 Å². The van der Waals surface area contributed by atoms with E-state index >= 15 is 0 Å². The smallest absolute Gasteiger partial charge is 0.410 e. The Balaban J connectivity index is 1.85. The number of carbonyl (C=O) groups is 1. The van der Waals surface area contributed by atoms with Gasteiger partial charge in [0.1, 0.15) is 5.60 Å². The Kier molecular flexibility index (Phi) is 7.69. The number of hydrogen-bond donors (Lipinski definition) is 0. The Morgan fingerprint density at radius 3 is 1.85 bits per heavy atom. The van der Waals surface area contributed by atoms with E-state index in [4.69, 9.17) is 9.16 Å². The standard InChI is InChI=1S/C29H43NO3Si/c1-27(2,3)33-26(31)30-20-19-23(21-29(30,7)8)22-32-34(28(4,5)6,24-15-11-9-12-16-24)25-17-13-10-14-18-25/h9-18,23H,19-22H2,1-8H3. The number of nitrogens with zero attached hydrogens (tertiary/aromatic N) is 1. The van der Waals surface area contributed by atoms with Crippen molar-refractivity contribution in [1.29, 1.82) is 0 Å². The second-order valence-corrected chi connectivity index (χ2v) is 16.6. The number of hydrogen-bond acceptors (Lipinski definition) is 3. The predicted octanol–water partition coefficient (Wildman–Crippen LogP) is 5.99. The average Bonchev–Trinajstić information content (AvgIpc) is 2.73. The molecule has 1 aliphatic heterocycles. The molecule has 3 rings (SSSR count). The molecule has 1 saturated heterocycles. The number of carbonyl (C=O) groups excluding carboxylic acids is 1. The van der Waals surface area contributed by atoms with Gasteiger partial charge in [-0.2, -0.15) is 0 Å². The molecule has 1 amide bonds. The van der Waals surface area contributed by atoms with Crippen LogP contribution in [-0.4, -0.2) is 43.6 Å². The lowest BCUT2D eigenvalue weighted by atomic mass is 9.83. The summed E-state index contributed by atoms with van der Waals surface area (Å²) in [6.45, 7) is 18.4. The monoisotopic (exact) mass is 481 g/mol. The third kappa shape index (κ3) is 5.74. The Morgan fingerprint density at radius 2 is 1.44 bits per heavy atom. The van der Waals surface area contributed by atoms with Gasteiger partial charge in [0.25, 0.3) is 8.32 Å². The molecule has 1 atom stereocenters. The number of rotatable bonds is 5. The lowest BCUT2D eigenvalue weighted by Gasteiger charge is -2.47. The van der Waals surface area contributed by atoms with Crippen LogP contribution in [-0.2, 0) is 9.16 Å². The minimum Gasteiger partial charge on any atom is -0.444 e. The van der Waals surface area contributed by atoms with E-state index in [1.165, 1.54) is 10.4 Å². The fraction of sp³-hybridized carbons (Fsp3) is 0.552. The molecule has 0 aliphatic carbocycles. The van der Waals surface area contributed by atoms with E-state index in [0.717, 1.165) is 12.8 Å². The maximum Gasteiger partial charge on any atom is 0.410 e. The maximum atomic E-state index is 12.8. The highest BCUT2D eigenvalue weighted by Gasteiger charge is 2.51. The van der Waals surface area contributed by atoms with Gasteiger partial charge in [-0.25, -0.2) is 4.79 Å². The van der Waals surface area contributed by atoms with Crippen molar-refractivity contribution in [3.63, 3.8) is 0 Å². The molecule has 1 fully saturated rings. The fourth-order valence-electron chi connectivity index (χ4n) is 5.34. The molecule has 34 heavy (non-hydrogen) atoms. The van der Waals surface area contributed by atoms with Gasteiger partial charge in [0.15, 0.2) is 0 Å². The number of piperidine rings is 1. The maximum absolute atomic E-state index is 12.8. The SMILES string of the molecule is CC(C)(C)OC(=O)N1CCC(CO[Si](c2ccccc2)(c2ccccc2)C(C)(C)C)CC1(C)C. The Hall–Kier alpha value is -2.11. The van der Waals surface area contributed by atoms with Crippen molar-refractivity contribution < 1.29 is 14.0 Å². The van der Waals surface area contributed by atoms with Crippen LogP contribution < -0.4 is 10.4 Å². The van der Waals surface area contributed by atoms with E-state index in [0.29, 0.717) is 19.1 Å². The molecule has 0 saturated carbocycles. The molecule has 1 aliphatic rings. The second kappa shape index (κ2) is 9.86. The summed E-state index contributed by atoms with van der Waals surface area (Å²) in [5, 5.41) is 2.57. The summed E-state index contributed by atoms with van der Waals surface area (Å²) in [5.41, 5.74) is -0.767. The van der Waals surface area contributed by atoms with Gasteiger partial charge >= 0.3 is 6.09 Å². The number of amides is 1. The summed E-state index contributed by atoms with van der Waals surface area (Å²) < 4.78 is 12.9. The first kappa shape index (κ1) is 26.5. The van der Waals surface area contributed by atoms with Crippen LogP contribution in [0.2, 0.25) is 5.04 Å². The van der Waals surface area contributed by atoms with Crippen LogP contribution in [0.1, 0.15) is 68.2 Å². The highest BCUT2D eigenvalue weighted by atomic mass is 28.4. The molecule has 4 nitrogen and oxygen atoms in total. The molecule has 0 aromatic heterocycles.